The second-order valence-electron chi connectivity index (χ2n) is 6.70. The summed E-state index contributed by atoms with van der Waals surface area (Å²) in [4.78, 5) is 19.5. The largest absolute Gasteiger partial charge is 0.369 e. The molecule has 1 saturated heterocycles. The highest BCUT2D eigenvalue weighted by molar-refractivity contribution is 5.76. The van der Waals surface area contributed by atoms with E-state index < -0.39 is 0 Å². The minimum Gasteiger partial charge on any atom is -0.369 e. The Kier molecular flexibility index (Phi) is 5.75. The Hall–Kier alpha value is -2.17. The Morgan fingerprint density at radius 2 is 2.29 bits per heavy atom. The fourth-order valence-corrected chi connectivity index (χ4v) is 2.60. The van der Waals surface area contributed by atoms with Gasteiger partial charge in [-0.1, -0.05) is 0 Å². The van der Waals surface area contributed by atoms with Gasteiger partial charge < -0.3 is 19.3 Å². The Bertz CT molecular complexity index is 607. The summed E-state index contributed by atoms with van der Waals surface area (Å²) in [5.41, 5.74) is 0.182. The molecule has 0 spiro atoms. The Morgan fingerprint density at radius 3 is 2.88 bits per heavy atom. The molecule has 2 heterocycles. The van der Waals surface area contributed by atoms with Gasteiger partial charge in [0.1, 0.15) is 18.5 Å². The van der Waals surface area contributed by atoms with Crippen LogP contribution in [-0.4, -0.2) is 67.9 Å². The van der Waals surface area contributed by atoms with E-state index in [0.717, 1.165) is 5.82 Å². The topological polar surface area (TPSA) is 78.7 Å². The lowest BCUT2D eigenvalue weighted by atomic mass is 10.1. The van der Waals surface area contributed by atoms with Crippen LogP contribution in [0.4, 0.5) is 5.82 Å². The summed E-state index contributed by atoms with van der Waals surface area (Å²) >= 11 is 0. The molecule has 130 valence electrons. The number of morpholine rings is 1. The smallest absolute Gasteiger partial charge is 0.248 e. The summed E-state index contributed by atoms with van der Waals surface area (Å²) in [7, 11) is 3.40. The van der Waals surface area contributed by atoms with E-state index in [1.165, 1.54) is 4.90 Å². The number of carbonyl (C=O) groups is 1. The van der Waals surface area contributed by atoms with Crippen LogP contribution in [0, 0.1) is 11.3 Å². The van der Waals surface area contributed by atoms with Gasteiger partial charge in [0.2, 0.25) is 5.91 Å². The van der Waals surface area contributed by atoms with E-state index in [1.54, 1.807) is 26.4 Å². The number of ether oxygens (including phenoxy) is 2. The van der Waals surface area contributed by atoms with Gasteiger partial charge in [-0.25, -0.2) is 4.98 Å². The van der Waals surface area contributed by atoms with Crippen LogP contribution in [0.25, 0.3) is 0 Å². The van der Waals surface area contributed by atoms with Crippen molar-refractivity contribution in [3.8, 4) is 6.07 Å². The third kappa shape index (κ3) is 4.91. The molecule has 0 saturated carbocycles. The van der Waals surface area contributed by atoms with Crippen LogP contribution in [0.5, 0.6) is 0 Å². The fourth-order valence-electron chi connectivity index (χ4n) is 2.60. The minimum absolute atomic E-state index is 0.0441. The number of hydrogen-bond donors (Lipinski definition) is 0. The van der Waals surface area contributed by atoms with Gasteiger partial charge in [-0.2, -0.15) is 5.26 Å². The lowest BCUT2D eigenvalue weighted by Gasteiger charge is -2.43. The first kappa shape index (κ1) is 18.2. The molecule has 1 aromatic rings. The van der Waals surface area contributed by atoms with Crippen LogP contribution < -0.4 is 4.90 Å². The Balaban J connectivity index is 1.98. The maximum absolute atomic E-state index is 11.6. The number of likely N-dealkylation sites (N-methyl/N-ethyl adjacent to an activating group) is 1. The average molecular weight is 332 g/mol. The second kappa shape index (κ2) is 7.60. The summed E-state index contributed by atoms with van der Waals surface area (Å²) in [5, 5.41) is 8.87. The van der Waals surface area contributed by atoms with Crippen molar-refractivity contribution < 1.29 is 14.3 Å². The van der Waals surface area contributed by atoms with Crippen molar-refractivity contribution in [2.75, 3.05) is 45.3 Å². The molecular weight excluding hydrogens is 308 g/mol. The number of rotatable bonds is 5. The quantitative estimate of drug-likeness (QED) is 0.802. The Morgan fingerprint density at radius 1 is 1.54 bits per heavy atom. The van der Waals surface area contributed by atoms with Crippen molar-refractivity contribution in [2.45, 2.75) is 25.6 Å². The molecular formula is C17H24N4O3. The summed E-state index contributed by atoms with van der Waals surface area (Å²) in [6, 6.07) is 5.66. The lowest BCUT2D eigenvalue weighted by Crippen LogP contribution is -2.54. The molecule has 1 atom stereocenters. The predicted octanol–water partition coefficient (Wildman–Crippen LogP) is 1.04. The molecule has 0 aromatic carbocycles. The third-order valence-corrected chi connectivity index (χ3v) is 3.71. The normalized spacial score (nSPS) is 19.6. The Labute approximate surface area is 142 Å². The van der Waals surface area contributed by atoms with Crippen molar-refractivity contribution in [3.05, 3.63) is 23.9 Å². The molecule has 24 heavy (non-hydrogen) atoms. The van der Waals surface area contributed by atoms with Crippen LogP contribution in [-0.2, 0) is 14.3 Å². The molecule has 1 amide bonds. The van der Waals surface area contributed by atoms with E-state index in [2.05, 4.69) is 16.0 Å². The van der Waals surface area contributed by atoms with E-state index >= 15 is 0 Å². The van der Waals surface area contributed by atoms with E-state index in [1.807, 2.05) is 19.9 Å². The zero-order valence-corrected chi connectivity index (χ0v) is 14.7. The van der Waals surface area contributed by atoms with Crippen molar-refractivity contribution in [1.82, 2.24) is 9.88 Å². The van der Waals surface area contributed by atoms with Crippen LogP contribution in [0.15, 0.2) is 18.3 Å². The summed E-state index contributed by atoms with van der Waals surface area (Å²) in [5.74, 6) is 0.732. The predicted molar refractivity (Wildman–Crippen MR) is 89.6 cm³/mol. The van der Waals surface area contributed by atoms with Crippen LogP contribution in [0.1, 0.15) is 19.4 Å². The first-order valence-corrected chi connectivity index (χ1v) is 7.87. The molecule has 1 aliphatic heterocycles. The van der Waals surface area contributed by atoms with Gasteiger partial charge >= 0.3 is 0 Å². The first-order valence-electron chi connectivity index (χ1n) is 7.87. The van der Waals surface area contributed by atoms with Crippen LogP contribution >= 0.6 is 0 Å². The van der Waals surface area contributed by atoms with Gasteiger partial charge in [0.05, 0.1) is 23.9 Å². The summed E-state index contributed by atoms with van der Waals surface area (Å²) < 4.78 is 11.5. The van der Waals surface area contributed by atoms with Crippen molar-refractivity contribution in [2.24, 2.45) is 0 Å². The molecule has 0 radical (unpaired) electrons. The minimum atomic E-state index is -0.354. The standard InChI is InChI=1S/C17H24N4O3/c1-17(2)12-21(15-6-5-13(7-18)8-19-15)9-14(24-17)10-23-11-16(22)20(3)4/h5-6,8,14H,9-12H2,1-4H3/t14-/m1/s1. The van der Waals surface area contributed by atoms with Gasteiger partial charge in [0.25, 0.3) is 0 Å². The zero-order valence-electron chi connectivity index (χ0n) is 14.7. The molecule has 0 bridgehead atoms. The fraction of sp³-hybridized carbons (Fsp3) is 0.588. The number of nitrogens with zero attached hydrogens (tertiary/aromatic N) is 4. The molecule has 1 aliphatic rings. The lowest BCUT2D eigenvalue weighted by molar-refractivity contribution is -0.139. The highest BCUT2D eigenvalue weighted by atomic mass is 16.5. The zero-order chi connectivity index (χ0) is 17.7. The van der Waals surface area contributed by atoms with Crippen LogP contribution in [0.2, 0.25) is 0 Å². The average Bonchev–Trinajstić information content (AvgIpc) is 2.53. The van der Waals surface area contributed by atoms with Gasteiger partial charge in [0.15, 0.2) is 0 Å². The number of pyridine rings is 1. The molecule has 2 rings (SSSR count). The maximum Gasteiger partial charge on any atom is 0.248 e. The number of nitriles is 1. The number of aromatic nitrogens is 1. The molecule has 1 fully saturated rings. The van der Waals surface area contributed by atoms with E-state index in [4.69, 9.17) is 14.7 Å². The van der Waals surface area contributed by atoms with E-state index in [0.29, 0.717) is 25.3 Å². The van der Waals surface area contributed by atoms with E-state index in [-0.39, 0.29) is 24.2 Å². The summed E-state index contributed by atoms with van der Waals surface area (Å²) in [6.07, 6.45) is 1.42. The van der Waals surface area contributed by atoms with Crippen molar-refractivity contribution in [3.63, 3.8) is 0 Å². The molecule has 0 N–H and O–H groups in total. The van der Waals surface area contributed by atoms with E-state index in [9.17, 15) is 4.79 Å². The maximum atomic E-state index is 11.6. The summed E-state index contributed by atoms with van der Waals surface area (Å²) in [6.45, 7) is 5.73. The highest BCUT2D eigenvalue weighted by Gasteiger charge is 2.34. The SMILES string of the molecule is CN(C)C(=O)COC[C@H]1CN(c2ccc(C#N)cn2)CC(C)(C)O1. The van der Waals surface area contributed by atoms with Crippen molar-refractivity contribution in [1.29, 1.82) is 5.26 Å². The molecule has 7 nitrogen and oxygen atoms in total. The number of carbonyl (C=O) groups excluding carboxylic acids is 1. The van der Waals surface area contributed by atoms with Gasteiger partial charge in [-0.15, -0.1) is 0 Å². The molecule has 1 aromatic heterocycles. The molecule has 0 unspecified atom stereocenters. The van der Waals surface area contributed by atoms with Crippen LogP contribution in [0.3, 0.4) is 0 Å². The first-order chi connectivity index (χ1) is 11.3. The van der Waals surface area contributed by atoms with Crippen molar-refractivity contribution >= 4 is 11.7 Å². The highest BCUT2D eigenvalue weighted by Crippen LogP contribution is 2.25. The molecule has 7 heteroatoms. The number of anilines is 1. The third-order valence-electron chi connectivity index (χ3n) is 3.71. The van der Waals surface area contributed by atoms with Gasteiger partial charge in [-0.3, -0.25) is 4.79 Å². The molecule has 0 aliphatic carbocycles. The number of amides is 1. The van der Waals surface area contributed by atoms with Gasteiger partial charge in [0, 0.05) is 33.4 Å². The monoisotopic (exact) mass is 332 g/mol. The number of hydrogen-bond acceptors (Lipinski definition) is 6. The second-order valence-corrected chi connectivity index (χ2v) is 6.70. The van der Waals surface area contributed by atoms with Gasteiger partial charge in [-0.05, 0) is 26.0 Å².